The summed E-state index contributed by atoms with van der Waals surface area (Å²) in [6.07, 6.45) is 5.51. The molecule has 9 heteroatoms. The van der Waals surface area contributed by atoms with Crippen LogP contribution in [0, 0.1) is 11.8 Å². The van der Waals surface area contributed by atoms with Gasteiger partial charge in [0, 0.05) is 12.0 Å². The Kier molecular flexibility index (Phi) is 8.66. The molecule has 35 heavy (non-hydrogen) atoms. The highest BCUT2D eigenvalue weighted by atomic mass is 35.5. The van der Waals surface area contributed by atoms with E-state index in [4.69, 9.17) is 21.1 Å². The fraction of sp³-hybridized carbons (Fsp3) is 0.923. The fourth-order valence-corrected chi connectivity index (χ4v) is 7.13. The van der Waals surface area contributed by atoms with Crippen LogP contribution in [-0.2, 0) is 19.1 Å². The van der Waals surface area contributed by atoms with E-state index in [0.717, 1.165) is 12.8 Å². The van der Waals surface area contributed by atoms with Gasteiger partial charge in [0.05, 0.1) is 29.2 Å². The van der Waals surface area contributed by atoms with Gasteiger partial charge < -0.3 is 25.2 Å². The van der Waals surface area contributed by atoms with E-state index in [1.54, 1.807) is 0 Å². The zero-order valence-corrected chi connectivity index (χ0v) is 21.8. The highest BCUT2D eigenvalue weighted by Gasteiger charge is 2.55. The summed E-state index contributed by atoms with van der Waals surface area (Å²) in [6.45, 7) is 4.36. The first-order valence-electron chi connectivity index (χ1n) is 13.4. The van der Waals surface area contributed by atoms with Crippen LogP contribution in [0.4, 0.5) is 4.39 Å². The minimum absolute atomic E-state index is 0.0482. The number of hydrogen-bond donors (Lipinski definition) is 3. The number of alkyl halides is 2. The quantitative estimate of drug-likeness (QED) is 0.430. The summed E-state index contributed by atoms with van der Waals surface area (Å²) in [4.78, 5) is 25.3. The summed E-state index contributed by atoms with van der Waals surface area (Å²) in [5.41, 5.74) is -1.15. The topological polar surface area (TPSA) is 96.9 Å². The van der Waals surface area contributed by atoms with Crippen LogP contribution in [0.15, 0.2) is 0 Å². The van der Waals surface area contributed by atoms with Crippen LogP contribution in [0.5, 0.6) is 0 Å². The minimum Gasteiger partial charge on any atom is -0.391 e. The summed E-state index contributed by atoms with van der Waals surface area (Å²) in [5, 5.41) is 16.6. The van der Waals surface area contributed by atoms with Crippen LogP contribution in [0.3, 0.4) is 0 Å². The molecule has 0 aromatic heterocycles. The Morgan fingerprint density at radius 3 is 2.11 bits per heavy atom. The molecular formula is C26H42ClFN2O5. The van der Waals surface area contributed by atoms with Gasteiger partial charge in [0.1, 0.15) is 19.4 Å². The number of carbonyl (C=O) groups excluding carboxylic acids is 2. The summed E-state index contributed by atoms with van der Waals surface area (Å²) < 4.78 is 25.4. The third-order valence-electron chi connectivity index (χ3n) is 8.79. The number of nitrogens with one attached hydrogen (secondary N) is 2. The molecule has 0 radical (unpaired) electrons. The smallest absolute Gasteiger partial charge is 0.246 e. The van der Waals surface area contributed by atoms with Crippen molar-refractivity contribution >= 4 is 23.4 Å². The molecule has 5 rings (SSSR count). The van der Waals surface area contributed by atoms with Crippen molar-refractivity contribution in [1.82, 2.24) is 10.6 Å². The minimum atomic E-state index is -1.11. The lowest BCUT2D eigenvalue weighted by Gasteiger charge is -2.56. The summed E-state index contributed by atoms with van der Waals surface area (Å²) in [5.74, 6) is 0.808. The van der Waals surface area contributed by atoms with E-state index in [9.17, 15) is 19.1 Å². The number of aliphatic hydroxyl groups is 1. The third kappa shape index (κ3) is 6.68. The van der Waals surface area contributed by atoms with E-state index in [1.807, 2.05) is 0 Å². The van der Waals surface area contributed by atoms with Crippen molar-refractivity contribution in [3.63, 3.8) is 0 Å². The molecule has 0 aromatic carbocycles. The van der Waals surface area contributed by atoms with Crippen molar-refractivity contribution in [2.24, 2.45) is 11.8 Å². The van der Waals surface area contributed by atoms with E-state index in [1.165, 1.54) is 6.42 Å². The lowest BCUT2D eigenvalue weighted by molar-refractivity contribution is -0.142. The van der Waals surface area contributed by atoms with E-state index in [-0.39, 0.29) is 43.7 Å². The first kappa shape index (κ1) is 27.1. The number of ether oxygens (including phenoxy) is 2. The van der Waals surface area contributed by atoms with Gasteiger partial charge in [0.25, 0.3) is 0 Å². The fourth-order valence-electron chi connectivity index (χ4n) is 6.90. The second kappa shape index (κ2) is 11.2. The Morgan fingerprint density at radius 2 is 1.51 bits per heavy atom. The standard InChI is InChI=1S/C26H42ClFN2O5/c1-16-9-17(2)11-19(10-16)35-14-23(32)29-25-5-7-26(8-6-25,22(31)13-25)30-24(33)15-34-18-3-4-20(27)21(28)12-18/h16-22,31H,3-15H2,1-2H3,(H,29,32)(H,30,33)/t16?,17?,18?,19?,20?,21?,22-,25?,26?/m0/s1. The molecule has 5 aliphatic rings. The molecule has 5 saturated carbocycles. The number of halogens is 2. The Bertz CT molecular complexity index is 752. The van der Waals surface area contributed by atoms with Gasteiger partial charge in [-0.2, -0.15) is 0 Å². The molecule has 0 saturated heterocycles. The zero-order valence-electron chi connectivity index (χ0n) is 21.1. The predicted molar refractivity (Wildman–Crippen MR) is 131 cm³/mol. The van der Waals surface area contributed by atoms with Gasteiger partial charge in [-0.1, -0.05) is 13.8 Å². The Balaban J connectivity index is 1.21. The molecule has 5 aliphatic carbocycles. The highest BCUT2D eigenvalue weighted by Crippen LogP contribution is 2.47. The molecule has 0 spiro atoms. The molecule has 0 aromatic rings. The number of hydrogen-bond acceptors (Lipinski definition) is 5. The maximum atomic E-state index is 13.8. The average Bonchev–Trinajstić information content (AvgIpc) is 2.79. The van der Waals surface area contributed by atoms with Crippen LogP contribution in [0.2, 0.25) is 0 Å². The molecule has 5 unspecified atom stereocenters. The first-order valence-corrected chi connectivity index (χ1v) is 13.8. The number of amides is 2. The summed E-state index contributed by atoms with van der Waals surface area (Å²) >= 11 is 5.92. The maximum Gasteiger partial charge on any atom is 0.246 e. The molecule has 2 bridgehead atoms. The van der Waals surface area contributed by atoms with E-state index < -0.39 is 28.7 Å². The molecular weight excluding hydrogens is 475 g/mol. The van der Waals surface area contributed by atoms with Gasteiger partial charge in [-0.25, -0.2) is 4.39 Å². The molecule has 200 valence electrons. The summed E-state index contributed by atoms with van der Waals surface area (Å²) in [6, 6.07) is 0. The van der Waals surface area contributed by atoms with E-state index >= 15 is 0 Å². The van der Waals surface area contributed by atoms with Crippen molar-refractivity contribution in [3.8, 4) is 0 Å². The molecule has 6 atom stereocenters. The zero-order chi connectivity index (χ0) is 25.2. The second-order valence-corrected chi connectivity index (χ2v) is 12.4. The van der Waals surface area contributed by atoms with Gasteiger partial charge in [-0.05, 0) is 76.0 Å². The van der Waals surface area contributed by atoms with Crippen LogP contribution in [-0.4, -0.2) is 71.1 Å². The molecule has 0 heterocycles. The van der Waals surface area contributed by atoms with E-state index in [2.05, 4.69) is 24.5 Å². The van der Waals surface area contributed by atoms with Crippen LogP contribution < -0.4 is 10.6 Å². The Hall–Kier alpha value is -0.960. The van der Waals surface area contributed by atoms with Gasteiger partial charge in [0.2, 0.25) is 11.8 Å². The molecule has 2 amide bonds. The molecule has 5 fully saturated rings. The van der Waals surface area contributed by atoms with Crippen LogP contribution in [0.1, 0.15) is 84.5 Å². The van der Waals surface area contributed by atoms with Crippen molar-refractivity contribution in [2.45, 2.75) is 125 Å². The molecule has 0 aliphatic heterocycles. The largest absolute Gasteiger partial charge is 0.391 e. The third-order valence-corrected chi connectivity index (χ3v) is 9.29. The summed E-state index contributed by atoms with van der Waals surface area (Å²) in [7, 11) is 0. The highest BCUT2D eigenvalue weighted by molar-refractivity contribution is 6.21. The SMILES string of the molecule is CC1CC(C)CC(OCC(=O)NC23CCC(NC(=O)COC4CCC(Cl)C(F)C4)(CC2)[C@@H](O)C3)C1. The molecule has 7 nitrogen and oxygen atoms in total. The second-order valence-electron chi connectivity index (χ2n) is 11.9. The number of fused-ring (bicyclic) bond motifs is 3. The van der Waals surface area contributed by atoms with Crippen molar-refractivity contribution < 1.29 is 28.6 Å². The maximum absolute atomic E-state index is 13.8. The molecule has 3 N–H and O–H groups in total. The van der Waals surface area contributed by atoms with Crippen molar-refractivity contribution in [2.75, 3.05) is 13.2 Å². The van der Waals surface area contributed by atoms with Crippen molar-refractivity contribution in [1.29, 1.82) is 0 Å². The van der Waals surface area contributed by atoms with Gasteiger partial charge in [-0.15, -0.1) is 11.6 Å². The van der Waals surface area contributed by atoms with Gasteiger partial charge in [0.15, 0.2) is 0 Å². The lowest BCUT2D eigenvalue weighted by atomic mass is 9.60. The van der Waals surface area contributed by atoms with Gasteiger partial charge in [-0.3, -0.25) is 9.59 Å². The van der Waals surface area contributed by atoms with Crippen molar-refractivity contribution in [3.05, 3.63) is 0 Å². The van der Waals surface area contributed by atoms with E-state index in [0.29, 0.717) is 56.8 Å². The normalized spacial score (nSPS) is 43.5. The first-order chi connectivity index (χ1) is 16.6. The lowest BCUT2D eigenvalue weighted by Crippen LogP contribution is -2.70. The monoisotopic (exact) mass is 516 g/mol. The number of rotatable bonds is 8. The Labute approximate surface area is 213 Å². The predicted octanol–water partition coefficient (Wildman–Crippen LogP) is 3.39. The van der Waals surface area contributed by atoms with Crippen LogP contribution >= 0.6 is 11.6 Å². The average molecular weight is 517 g/mol. The van der Waals surface area contributed by atoms with Gasteiger partial charge >= 0.3 is 0 Å². The number of aliphatic hydroxyl groups excluding tert-OH is 1. The van der Waals surface area contributed by atoms with Crippen LogP contribution in [0.25, 0.3) is 0 Å². The Morgan fingerprint density at radius 1 is 0.914 bits per heavy atom. The number of carbonyl (C=O) groups is 2.